The molecule has 0 bridgehead atoms. The summed E-state index contributed by atoms with van der Waals surface area (Å²) in [5.41, 5.74) is 1.27. The van der Waals surface area contributed by atoms with Crippen molar-refractivity contribution in [3.05, 3.63) is 69.5 Å². The molecule has 2 aromatic rings. The van der Waals surface area contributed by atoms with Gasteiger partial charge < -0.3 is 10.2 Å². The Labute approximate surface area is 179 Å². The SMILES string of the molecule is CC(NC(=O)CN1CCN(C(=O)c2ccc(Cl)cc2Cl)CC1)c1ccc(F)cc1. The molecule has 1 saturated heterocycles. The third-order valence-electron chi connectivity index (χ3n) is 4.94. The van der Waals surface area contributed by atoms with Gasteiger partial charge in [0.25, 0.3) is 5.91 Å². The molecule has 2 amide bonds. The Morgan fingerprint density at radius 1 is 1.07 bits per heavy atom. The van der Waals surface area contributed by atoms with Crippen LogP contribution in [-0.2, 0) is 4.79 Å². The average Bonchev–Trinajstić information content (AvgIpc) is 2.68. The summed E-state index contributed by atoms with van der Waals surface area (Å²) in [4.78, 5) is 28.7. The van der Waals surface area contributed by atoms with Gasteiger partial charge in [0, 0.05) is 31.2 Å². The van der Waals surface area contributed by atoms with Crippen LogP contribution in [0.2, 0.25) is 10.0 Å². The molecule has 1 aliphatic heterocycles. The van der Waals surface area contributed by atoms with Gasteiger partial charge in [-0.2, -0.15) is 0 Å². The number of amides is 2. The maximum Gasteiger partial charge on any atom is 0.255 e. The highest BCUT2D eigenvalue weighted by atomic mass is 35.5. The van der Waals surface area contributed by atoms with Crippen LogP contribution in [0.25, 0.3) is 0 Å². The molecule has 0 spiro atoms. The molecule has 0 aliphatic carbocycles. The number of nitrogens with zero attached hydrogens (tertiary/aromatic N) is 2. The van der Waals surface area contributed by atoms with E-state index >= 15 is 0 Å². The summed E-state index contributed by atoms with van der Waals surface area (Å²) in [5, 5.41) is 3.74. The van der Waals surface area contributed by atoms with E-state index in [1.807, 2.05) is 11.8 Å². The van der Waals surface area contributed by atoms with Crippen LogP contribution in [0.4, 0.5) is 4.39 Å². The fourth-order valence-electron chi connectivity index (χ4n) is 3.27. The number of carbonyl (C=O) groups excluding carboxylic acids is 2. The predicted molar refractivity (Wildman–Crippen MR) is 112 cm³/mol. The highest BCUT2D eigenvalue weighted by molar-refractivity contribution is 6.36. The van der Waals surface area contributed by atoms with E-state index in [-0.39, 0.29) is 30.2 Å². The second-order valence-corrected chi connectivity index (χ2v) is 7.88. The summed E-state index contributed by atoms with van der Waals surface area (Å²) >= 11 is 12.0. The second-order valence-electron chi connectivity index (χ2n) is 7.03. The van der Waals surface area contributed by atoms with E-state index in [0.29, 0.717) is 41.8 Å². The van der Waals surface area contributed by atoms with Crippen LogP contribution in [0.3, 0.4) is 0 Å². The maximum atomic E-state index is 13.0. The van der Waals surface area contributed by atoms with Crippen molar-refractivity contribution in [2.24, 2.45) is 0 Å². The van der Waals surface area contributed by atoms with Gasteiger partial charge in [-0.05, 0) is 42.8 Å². The van der Waals surface area contributed by atoms with Crippen molar-refractivity contribution in [1.82, 2.24) is 15.1 Å². The Kier molecular flexibility index (Phi) is 7.11. The largest absolute Gasteiger partial charge is 0.348 e. The molecule has 8 heteroatoms. The van der Waals surface area contributed by atoms with Gasteiger partial charge in [0.1, 0.15) is 5.82 Å². The number of halogens is 3. The number of nitrogens with one attached hydrogen (secondary N) is 1. The topological polar surface area (TPSA) is 52.7 Å². The van der Waals surface area contributed by atoms with Crippen LogP contribution in [0.5, 0.6) is 0 Å². The van der Waals surface area contributed by atoms with Gasteiger partial charge in [-0.15, -0.1) is 0 Å². The lowest BCUT2D eigenvalue weighted by atomic mass is 10.1. The second kappa shape index (κ2) is 9.57. The van der Waals surface area contributed by atoms with Gasteiger partial charge in [-0.1, -0.05) is 35.3 Å². The van der Waals surface area contributed by atoms with E-state index in [1.165, 1.54) is 12.1 Å². The van der Waals surface area contributed by atoms with E-state index < -0.39 is 0 Å². The molecule has 0 radical (unpaired) electrons. The Morgan fingerprint density at radius 2 is 1.72 bits per heavy atom. The number of hydrogen-bond donors (Lipinski definition) is 1. The zero-order chi connectivity index (χ0) is 21.0. The molecule has 29 heavy (non-hydrogen) atoms. The van der Waals surface area contributed by atoms with Crippen molar-refractivity contribution >= 4 is 35.0 Å². The maximum absolute atomic E-state index is 13.0. The van der Waals surface area contributed by atoms with Gasteiger partial charge in [0.05, 0.1) is 23.2 Å². The van der Waals surface area contributed by atoms with Crippen LogP contribution in [-0.4, -0.2) is 54.3 Å². The van der Waals surface area contributed by atoms with E-state index in [9.17, 15) is 14.0 Å². The molecular weight excluding hydrogens is 416 g/mol. The van der Waals surface area contributed by atoms with E-state index in [4.69, 9.17) is 23.2 Å². The van der Waals surface area contributed by atoms with Crippen molar-refractivity contribution in [2.75, 3.05) is 32.7 Å². The van der Waals surface area contributed by atoms with Gasteiger partial charge in [-0.3, -0.25) is 14.5 Å². The molecule has 1 aliphatic rings. The molecule has 1 unspecified atom stereocenters. The lowest BCUT2D eigenvalue weighted by Gasteiger charge is -2.34. The normalized spacial score (nSPS) is 15.8. The molecule has 1 atom stereocenters. The lowest BCUT2D eigenvalue weighted by Crippen LogP contribution is -2.51. The first kappa shape index (κ1) is 21.6. The molecule has 1 N–H and O–H groups in total. The minimum absolute atomic E-state index is 0.109. The molecule has 1 fully saturated rings. The van der Waals surface area contributed by atoms with Crippen molar-refractivity contribution in [2.45, 2.75) is 13.0 Å². The zero-order valence-electron chi connectivity index (χ0n) is 16.0. The Bertz CT molecular complexity index is 884. The first-order chi connectivity index (χ1) is 13.8. The molecule has 2 aromatic carbocycles. The minimum Gasteiger partial charge on any atom is -0.348 e. The van der Waals surface area contributed by atoms with Crippen molar-refractivity contribution in [3.8, 4) is 0 Å². The highest BCUT2D eigenvalue weighted by Crippen LogP contribution is 2.23. The fourth-order valence-corrected chi connectivity index (χ4v) is 3.76. The van der Waals surface area contributed by atoms with Crippen molar-refractivity contribution < 1.29 is 14.0 Å². The summed E-state index contributed by atoms with van der Waals surface area (Å²) in [7, 11) is 0. The molecule has 3 rings (SSSR count). The van der Waals surface area contributed by atoms with Crippen LogP contribution < -0.4 is 5.32 Å². The summed E-state index contributed by atoms with van der Waals surface area (Å²) in [6, 6.07) is 10.7. The molecule has 5 nitrogen and oxygen atoms in total. The summed E-state index contributed by atoms with van der Waals surface area (Å²) in [6.45, 7) is 4.31. The molecular formula is C21H22Cl2FN3O2. The quantitative estimate of drug-likeness (QED) is 0.774. The first-order valence-electron chi connectivity index (χ1n) is 9.35. The van der Waals surface area contributed by atoms with Crippen molar-refractivity contribution in [3.63, 3.8) is 0 Å². The average molecular weight is 438 g/mol. The van der Waals surface area contributed by atoms with Crippen LogP contribution in [0.1, 0.15) is 28.9 Å². The Hall–Kier alpha value is -2.15. The molecule has 154 valence electrons. The number of hydrogen-bond acceptors (Lipinski definition) is 3. The summed E-state index contributed by atoms with van der Waals surface area (Å²) in [5.74, 6) is -0.553. The highest BCUT2D eigenvalue weighted by Gasteiger charge is 2.25. The predicted octanol–water partition coefficient (Wildman–Crippen LogP) is 3.77. The number of carbonyl (C=O) groups is 2. The van der Waals surface area contributed by atoms with Crippen molar-refractivity contribution in [1.29, 1.82) is 0 Å². The summed E-state index contributed by atoms with van der Waals surface area (Å²) < 4.78 is 13.0. The third kappa shape index (κ3) is 5.69. The van der Waals surface area contributed by atoms with Gasteiger partial charge in [0.2, 0.25) is 5.91 Å². The monoisotopic (exact) mass is 437 g/mol. The number of benzene rings is 2. The smallest absolute Gasteiger partial charge is 0.255 e. The first-order valence-corrected chi connectivity index (χ1v) is 10.1. The number of rotatable bonds is 5. The lowest BCUT2D eigenvalue weighted by molar-refractivity contribution is -0.123. The molecule has 0 aromatic heterocycles. The summed E-state index contributed by atoms with van der Waals surface area (Å²) in [6.07, 6.45) is 0. The minimum atomic E-state index is -0.306. The Balaban J connectivity index is 1.48. The molecule has 0 saturated carbocycles. The van der Waals surface area contributed by atoms with Gasteiger partial charge >= 0.3 is 0 Å². The van der Waals surface area contributed by atoms with E-state index in [2.05, 4.69) is 5.32 Å². The van der Waals surface area contributed by atoms with Gasteiger partial charge in [0.15, 0.2) is 0 Å². The standard InChI is InChI=1S/C21H22Cl2FN3O2/c1-14(15-2-5-17(24)6-3-15)25-20(28)13-26-8-10-27(11-9-26)21(29)18-7-4-16(22)12-19(18)23/h2-7,12,14H,8-11,13H2,1H3,(H,25,28). The van der Waals surface area contributed by atoms with Gasteiger partial charge in [-0.25, -0.2) is 4.39 Å². The van der Waals surface area contributed by atoms with Crippen LogP contribution >= 0.6 is 23.2 Å². The Morgan fingerprint density at radius 3 is 2.34 bits per heavy atom. The number of piperazine rings is 1. The zero-order valence-corrected chi connectivity index (χ0v) is 17.5. The third-order valence-corrected chi connectivity index (χ3v) is 5.48. The van der Waals surface area contributed by atoms with Crippen LogP contribution in [0, 0.1) is 5.82 Å². The van der Waals surface area contributed by atoms with Crippen LogP contribution in [0.15, 0.2) is 42.5 Å². The van der Waals surface area contributed by atoms with E-state index in [0.717, 1.165) is 5.56 Å². The van der Waals surface area contributed by atoms with E-state index in [1.54, 1.807) is 35.2 Å². The fraction of sp³-hybridized carbons (Fsp3) is 0.333. The molecule has 1 heterocycles.